The van der Waals surface area contributed by atoms with E-state index in [4.69, 9.17) is 4.74 Å². The molecule has 0 N–H and O–H groups in total. The van der Waals surface area contributed by atoms with Gasteiger partial charge in [-0.2, -0.15) is 0 Å². The Morgan fingerprint density at radius 1 is 1.42 bits per heavy atom. The quantitative estimate of drug-likeness (QED) is 0.629. The van der Waals surface area contributed by atoms with Gasteiger partial charge >= 0.3 is 0 Å². The van der Waals surface area contributed by atoms with Crippen LogP contribution in [0, 0.1) is 0 Å². The van der Waals surface area contributed by atoms with E-state index < -0.39 is 0 Å². The number of likely N-dealkylation sites (N-methyl/N-ethyl adjacent to an activating group) is 1. The molecule has 1 rings (SSSR count). The van der Waals surface area contributed by atoms with E-state index in [-0.39, 0.29) is 5.54 Å². The molecule has 0 amide bonds. The fraction of sp³-hybridized carbons (Fsp3) is 1.00. The molecule has 0 spiro atoms. The van der Waals surface area contributed by atoms with Crippen molar-refractivity contribution >= 4 is 0 Å². The van der Waals surface area contributed by atoms with Crippen LogP contribution in [0.2, 0.25) is 0 Å². The lowest BCUT2D eigenvalue weighted by molar-refractivity contribution is 0.0521. The summed E-state index contributed by atoms with van der Waals surface area (Å²) in [4.78, 5) is 2.36. The minimum Gasteiger partial charge on any atom is -0.377 e. The zero-order valence-corrected chi connectivity index (χ0v) is 8.76. The van der Waals surface area contributed by atoms with Gasteiger partial charge in [-0.3, -0.25) is 4.90 Å². The van der Waals surface area contributed by atoms with Crippen LogP contribution in [0.15, 0.2) is 0 Å². The van der Waals surface area contributed by atoms with Crippen molar-refractivity contribution in [3.05, 3.63) is 0 Å². The van der Waals surface area contributed by atoms with E-state index in [0.717, 1.165) is 13.2 Å². The van der Waals surface area contributed by atoms with Crippen LogP contribution in [0.1, 0.15) is 33.6 Å². The summed E-state index contributed by atoms with van der Waals surface area (Å²) in [7, 11) is 2.17. The maximum absolute atomic E-state index is 5.58. The molecule has 72 valence electrons. The molecule has 0 aromatic heterocycles. The first-order chi connectivity index (χ1) is 5.50. The van der Waals surface area contributed by atoms with E-state index in [9.17, 15) is 0 Å². The van der Waals surface area contributed by atoms with Crippen LogP contribution >= 0.6 is 0 Å². The summed E-state index contributed by atoms with van der Waals surface area (Å²) in [5.74, 6) is 0. The highest BCUT2D eigenvalue weighted by atomic mass is 16.5. The van der Waals surface area contributed by atoms with Gasteiger partial charge in [-0.05, 0) is 40.7 Å². The summed E-state index contributed by atoms with van der Waals surface area (Å²) in [6, 6.07) is 0. The lowest BCUT2D eigenvalue weighted by atomic mass is 10.1. The Morgan fingerprint density at radius 2 is 2.08 bits per heavy atom. The highest BCUT2D eigenvalue weighted by Gasteiger charge is 2.23. The first-order valence-electron chi connectivity index (χ1n) is 4.83. The minimum absolute atomic E-state index is 0.270. The maximum atomic E-state index is 5.58. The average Bonchev–Trinajstić information content (AvgIpc) is 2.37. The Bertz CT molecular complexity index is 133. The molecule has 1 fully saturated rings. The first-order valence-corrected chi connectivity index (χ1v) is 4.83. The average molecular weight is 171 g/mol. The molecular weight excluding hydrogens is 150 g/mol. The number of hydrogen-bond donors (Lipinski definition) is 0. The molecule has 0 aromatic carbocycles. The molecule has 0 aliphatic carbocycles. The van der Waals surface area contributed by atoms with Crippen molar-refractivity contribution in [2.45, 2.75) is 45.3 Å². The van der Waals surface area contributed by atoms with E-state index in [2.05, 4.69) is 32.7 Å². The molecule has 0 radical (unpaired) electrons. The van der Waals surface area contributed by atoms with Gasteiger partial charge in [0, 0.05) is 18.7 Å². The Kier molecular flexibility index (Phi) is 3.13. The molecule has 0 aromatic rings. The second kappa shape index (κ2) is 3.75. The van der Waals surface area contributed by atoms with Crippen LogP contribution < -0.4 is 0 Å². The molecule has 1 heterocycles. The Balaban J connectivity index is 2.30. The van der Waals surface area contributed by atoms with Gasteiger partial charge in [-0.15, -0.1) is 0 Å². The van der Waals surface area contributed by atoms with Gasteiger partial charge in [-0.1, -0.05) is 0 Å². The monoisotopic (exact) mass is 171 g/mol. The molecule has 2 heteroatoms. The summed E-state index contributed by atoms with van der Waals surface area (Å²) in [5.41, 5.74) is 0.270. The third-order valence-corrected chi connectivity index (χ3v) is 2.65. The van der Waals surface area contributed by atoms with E-state index in [1.807, 2.05) is 0 Å². The SMILES string of the molecule is CN(C[C@@H]1CCCO1)C(C)(C)C. The Hall–Kier alpha value is -0.0800. The summed E-state index contributed by atoms with van der Waals surface area (Å²) >= 11 is 0. The molecule has 0 unspecified atom stereocenters. The van der Waals surface area contributed by atoms with E-state index >= 15 is 0 Å². The van der Waals surface area contributed by atoms with E-state index in [1.54, 1.807) is 0 Å². The second-order valence-corrected chi connectivity index (χ2v) is 4.69. The Labute approximate surface area is 75.9 Å². The fourth-order valence-electron chi connectivity index (χ4n) is 1.37. The van der Waals surface area contributed by atoms with Crippen molar-refractivity contribution in [3.8, 4) is 0 Å². The molecule has 0 saturated carbocycles. The number of ether oxygens (including phenoxy) is 1. The predicted octanol–water partition coefficient (Wildman–Crippen LogP) is 1.90. The zero-order chi connectivity index (χ0) is 9.19. The molecule has 1 aliphatic rings. The smallest absolute Gasteiger partial charge is 0.0702 e. The third kappa shape index (κ3) is 2.76. The molecule has 1 atom stereocenters. The van der Waals surface area contributed by atoms with Crippen molar-refractivity contribution in [1.82, 2.24) is 4.90 Å². The molecule has 12 heavy (non-hydrogen) atoms. The second-order valence-electron chi connectivity index (χ2n) is 4.69. The lowest BCUT2D eigenvalue weighted by Crippen LogP contribution is -2.42. The molecular formula is C10H21NO. The van der Waals surface area contributed by atoms with Crippen LogP contribution in [0.4, 0.5) is 0 Å². The van der Waals surface area contributed by atoms with E-state index in [0.29, 0.717) is 6.10 Å². The van der Waals surface area contributed by atoms with Crippen molar-refractivity contribution in [1.29, 1.82) is 0 Å². The fourth-order valence-corrected chi connectivity index (χ4v) is 1.37. The number of hydrogen-bond acceptors (Lipinski definition) is 2. The van der Waals surface area contributed by atoms with Crippen LogP contribution in [0.25, 0.3) is 0 Å². The van der Waals surface area contributed by atoms with Gasteiger partial charge in [0.05, 0.1) is 6.10 Å². The number of nitrogens with zero attached hydrogens (tertiary/aromatic N) is 1. The van der Waals surface area contributed by atoms with Crippen molar-refractivity contribution < 1.29 is 4.74 Å². The minimum atomic E-state index is 0.270. The predicted molar refractivity (Wildman–Crippen MR) is 51.4 cm³/mol. The largest absolute Gasteiger partial charge is 0.377 e. The third-order valence-electron chi connectivity index (χ3n) is 2.65. The molecule has 1 saturated heterocycles. The standard InChI is InChI=1S/C10H21NO/c1-10(2,3)11(4)8-9-6-5-7-12-9/h9H,5-8H2,1-4H3/t9-/m0/s1. The van der Waals surface area contributed by atoms with Crippen molar-refractivity contribution in [3.63, 3.8) is 0 Å². The van der Waals surface area contributed by atoms with Gasteiger partial charge in [0.15, 0.2) is 0 Å². The van der Waals surface area contributed by atoms with Crippen LogP contribution in [0.3, 0.4) is 0 Å². The first kappa shape index (κ1) is 10.0. The van der Waals surface area contributed by atoms with Gasteiger partial charge in [0.25, 0.3) is 0 Å². The van der Waals surface area contributed by atoms with Gasteiger partial charge < -0.3 is 4.74 Å². The van der Waals surface area contributed by atoms with Crippen LogP contribution in [-0.2, 0) is 4.74 Å². The van der Waals surface area contributed by atoms with Crippen LogP contribution in [0.5, 0.6) is 0 Å². The van der Waals surface area contributed by atoms with Crippen molar-refractivity contribution in [2.75, 3.05) is 20.2 Å². The molecule has 0 bridgehead atoms. The summed E-state index contributed by atoms with van der Waals surface area (Å²) in [6.07, 6.45) is 2.96. The highest BCUT2D eigenvalue weighted by Crippen LogP contribution is 2.17. The van der Waals surface area contributed by atoms with Crippen LogP contribution in [-0.4, -0.2) is 36.7 Å². The van der Waals surface area contributed by atoms with Gasteiger partial charge in [0.1, 0.15) is 0 Å². The summed E-state index contributed by atoms with van der Waals surface area (Å²) in [6.45, 7) is 8.75. The normalized spacial score (nSPS) is 25.2. The highest BCUT2D eigenvalue weighted by molar-refractivity contribution is 4.77. The van der Waals surface area contributed by atoms with Gasteiger partial charge in [-0.25, -0.2) is 0 Å². The topological polar surface area (TPSA) is 12.5 Å². The Morgan fingerprint density at radius 3 is 2.50 bits per heavy atom. The molecule has 2 nitrogen and oxygen atoms in total. The summed E-state index contributed by atoms with van der Waals surface area (Å²) in [5, 5.41) is 0. The van der Waals surface area contributed by atoms with Crippen molar-refractivity contribution in [2.24, 2.45) is 0 Å². The maximum Gasteiger partial charge on any atom is 0.0702 e. The summed E-state index contributed by atoms with van der Waals surface area (Å²) < 4.78 is 5.58. The number of rotatable bonds is 2. The molecule has 1 aliphatic heterocycles. The van der Waals surface area contributed by atoms with Gasteiger partial charge in [0.2, 0.25) is 0 Å². The zero-order valence-electron chi connectivity index (χ0n) is 8.76. The van der Waals surface area contributed by atoms with E-state index in [1.165, 1.54) is 12.8 Å². The lowest BCUT2D eigenvalue weighted by Gasteiger charge is -2.33.